The highest BCUT2D eigenvalue weighted by Crippen LogP contribution is 2.33. The Morgan fingerprint density at radius 3 is 1.10 bits per heavy atom. The Balaban J connectivity index is 0. The average Bonchev–Trinajstić information content (AvgIpc) is 2.84. The first-order chi connectivity index (χ1) is 15.1. The molecule has 0 saturated heterocycles. The fourth-order valence-corrected chi connectivity index (χ4v) is 2.77. The van der Waals surface area contributed by atoms with Crippen LogP contribution in [0.1, 0.15) is 106 Å². The molecule has 2 heteroatoms. The van der Waals surface area contributed by atoms with Crippen LogP contribution in [0, 0.1) is 0 Å². The summed E-state index contributed by atoms with van der Waals surface area (Å²) in [7, 11) is 0. The van der Waals surface area contributed by atoms with Gasteiger partial charge in [0.05, 0.1) is 13.2 Å². The summed E-state index contributed by atoms with van der Waals surface area (Å²) in [6.45, 7) is 22.4. The van der Waals surface area contributed by atoms with E-state index in [-0.39, 0.29) is 5.41 Å². The first-order valence-corrected chi connectivity index (χ1v) is 12.5. The van der Waals surface area contributed by atoms with Gasteiger partial charge in [0.25, 0.3) is 0 Å². The van der Waals surface area contributed by atoms with Crippen molar-refractivity contribution in [2.45, 2.75) is 100 Å². The topological polar surface area (TPSA) is 18.5 Å². The third-order valence-corrected chi connectivity index (χ3v) is 4.69. The maximum absolute atomic E-state index is 5.77. The van der Waals surface area contributed by atoms with Crippen LogP contribution in [-0.2, 0) is 5.41 Å². The molecule has 0 unspecified atom stereocenters. The molecule has 2 rings (SSSR count). The van der Waals surface area contributed by atoms with Gasteiger partial charge in [-0.2, -0.15) is 0 Å². The molecule has 0 fully saturated rings. The van der Waals surface area contributed by atoms with E-state index in [1.165, 1.54) is 11.1 Å². The molecule has 0 aliphatic heterocycles. The molecule has 0 saturated carbocycles. The van der Waals surface area contributed by atoms with Crippen LogP contribution in [0.5, 0.6) is 11.5 Å². The summed E-state index contributed by atoms with van der Waals surface area (Å²) in [5, 5.41) is 0. The quantitative estimate of drug-likeness (QED) is 0.349. The predicted octanol–water partition coefficient (Wildman–Crippen LogP) is 9.45. The molecule has 0 amide bonds. The van der Waals surface area contributed by atoms with Crippen molar-refractivity contribution in [2.24, 2.45) is 0 Å². The first kappa shape index (κ1) is 31.2. The van der Waals surface area contributed by atoms with Crippen molar-refractivity contribution in [1.82, 2.24) is 0 Å². The molecule has 2 aromatic rings. The van der Waals surface area contributed by atoms with Crippen molar-refractivity contribution in [3.8, 4) is 11.5 Å². The molecule has 2 aromatic carbocycles. The second kappa shape index (κ2) is 20.0. The van der Waals surface area contributed by atoms with Gasteiger partial charge in [-0.25, -0.2) is 0 Å². The van der Waals surface area contributed by atoms with Crippen LogP contribution >= 0.6 is 0 Å². The van der Waals surface area contributed by atoms with E-state index in [0.717, 1.165) is 50.4 Å². The maximum atomic E-state index is 5.77. The number of unbranched alkanes of at least 4 members (excludes halogenated alkanes) is 2. The van der Waals surface area contributed by atoms with Gasteiger partial charge in [0, 0.05) is 5.41 Å². The number of hydrogen-bond donors (Lipinski definition) is 0. The van der Waals surface area contributed by atoms with Crippen molar-refractivity contribution in [3.63, 3.8) is 0 Å². The molecule has 0 heterocycles. The van der Waals surface area contributed by atoms with E-state index >= 15 is 0 Å². The van der Waals surface area contributed by atoms with Crippen molar-refractivity contribution in [2.75, 3.05) is 13.2 Å². The molecule has 2 nitrogen and oxygen atoms in total. The summed E-state index contributed by atoms with van der Waals surface area (Å²) in [4.78, 5) is 0. The zero-order valence-corrected chi connectivity index (χ0v) is 22.2. The Kier molecular flexibility index (Phi) is 20.1. The molecule has 0 radical (unpaired) electrons. The Morgan fingerprint density at radius 2 is 0.839 bits per heavy atom. The lowest BCUT2D eigenvalue weighted by Crippen LogP contribution is -2.18. The van der Waals surface area contributed by atoms with Crippen molar-refractivity contribution in [1.29, 1.82) is 0 Å². The number of benzene rings is 2. The summed E-state index contributed by atoms with van der Waals surface area (Å²) >= 11 is 0. The smallest absolute Gasteiger partial charge is 0.119 e. The Morgan fingerprint density at radius 1 is 0.548 bits per heavy atom. The van der Waals surface area contributed by atoms with Crippen LogP contribution in [-0.4, -0.2) is 13.2 Å². The van der Waals surface area contributed by atoms with Gasteiger partial charge in [-0.05, 0) is 48.2 Å². The molecule has 0 aromatic heterocycles. The average molecular weight is 431 g/mol. The lowest BCUT2D eigenvalue weighted by molar-refractivity contribution is 0.309. The highest BCUT2D eigenvalue weighted by Gasteiger charge is 2.23. The molecule has 0 aliphatic rings. The predicted molar refractivity (Wildman–Crippen MR) is 140 cm³/mol. The van der Waals surface area contributed by atoms with Gasteiger partial charge in [0.15, 0.2) is 0 Å². The fourth-order valence-electron chi connectivity index (χ4n) is 2.77. The normalized spacial score (nSPS) is 9.74. The molecule has 0 atom stereocenters. The highest BCUT2D eigenvalue weighted by molar-refractivity contribution is 5.41. The van der Waals surface area contributed by atoms with Crippen LogP contribution in [0.2, 0.25) is 0 Å². The van der Waals surface area contributed by atoms with Crippen LogP contribution < -0.4 is 9.47 Å². The second-order valence-electron chi connectivity index (χ2n) is 7.08. The largest absolute Gasteiger partial charge is 0.494 e. The minimum Gasteiger partial charge on any atom is -0.494 e. The maximum Gasteiger partial charge on any atom is 0.119 e. The Hall–Kier alpha value is -1.96. The molecule has 0 aliphatic carbocycles. The van der Waals surface area contributed by atoms with E-state index in [2.05, 4.69) is 76.2 Å². The number of hydrogen-bond acceptors (Lipinski definition) is 2. The van der Waals surface area contributed by atoms with E-state index in [1.807, 2.05) is 41.5 Å². The van der Waals surface area contributed by atoms with Crippen LogP contribution in [0.3, 0.4) is 0 Å². The zero-order valence-electron chi connectivity index (χ0n) is 22.2. The Bertz CT molecular complexity index is 557. The molecular formula is C29H50O2. The molecular weight excluding hydrogens is 380 g/mol. The lowest BCUT2D eigenvalue weighted by atomic mass is 9.78. The minimum absolute atomic E-state index is 0.0517. The van der Waals surface area contributed by atoms with E-state index in [1.54, 1.807) is 0 Å². The van der Waals surface area contributed by atoms with Gasteiger partial charge < -0.3 is 9.47 Å². The number of ether oxygens (including phenoxy) is 2. The Labute approximate surface area is 194 Å². The molecule has 31 heavy (non-hydrogen) atoms. The first-order valence-electron chi connectivity index (χ1n) is 12.5. The summed E-state index contributed by atoms with van der Waals surface area (Å²) in [5.41, 5.74) is 2.52. The van der Waals surface area contributed by atoms with Crippen LogP contribution in [0.4, 0.5) is 0 Å². The van der Waals surface area contributed by atoms with Crippen LogP contribution in [0.15, 0.2) is 48.5 Å². The van der Waals surface area contributed by atoms with Crippen LogP contribution in [0.25, 0.3) is 0 Å². The summed E-state index contributed by atoms with van der Waals surface area (Å²) in [6, 6.07) is 17.0. The van der Waals surface area contributed by atoms with Crippen molar-refractivity contribution in [3.05, 3.63) is 59.7 Å². The van der Waals surface area contributed by atoms with E-state index in [0.29, 0.717) is 0 Å². The van der Waals surface area contributed by atoms with Gasteiger partial charge in [-0.1, -0.05) is 106 Å². The summed E-state index contributed by atoms with van der Waals surface area (Å²) in [6.07, 6.45) is 4.51. The standard InChI is InChI=1S/C23H32O2.3C2H6/c1-5-7-17-24-21-13-9-19(10-14-21)23(3,4)20-11-15-22(16-12-20)25-18-8-6-2;3*1-2/h9-16H,5-8,17-18H2,1-4H3;3*1-2H3. The lowest BCUT2D eigenvalue weighted by Gasteiger charge is -2.26. The van der Waals surface area contributed by atoms with Gasteiger partial charge in [-0.15, -0.1) is 0 Å². The van der Waals surface area contributed by atoms with Gasteiger partial charge in [0.2, 0.25) is 0 Å². The fraction of sp³-hybridized carbons (Fsp3) is 0.586. The van der Waals surface area contributed by atoms with Crippen molar-refractivity contribution >= 4 is 0 Å². The van der Waals surface area contributed by atoms with E-state index < -0.39 is 0 Å². The molecule has 178 valence electrons. The van der Waals surface area contributed by atoms with Gasteiger partial charge in [0.1, 0.15) is 11.5 Å². The molecule has 0 spiro atoms. The van der Waals surface area contributed by atoms with Gasteiger partial charge >= 0.3 is 0 Å². The van der Waals surface area contributed by atoms with Gasteiger partial charge in [-0.3, -0.25) is 0 Å². The molecule has 0 N–H and O–H groups in total. The summed E-state index contributed by atoms with van der Waals surface area (Å²) < 4.78 is 11.5. The summed E-state index contributed by atoms with van der Waals surface area (Å²) in [5.74, 6) is 1.90. The van der Waals surface area contributed by atoms with E-state index in [4.69, 9.17) is 9.47 Å². The highest BCUT2D eigenvalue weighted by atomic mass is 16.5. The SMILES string of the molecule is CC.CC.CC.CCCCOc1ccc(C(C)(C)c2ccc(OCCCC)cc2)cc1. The third kappa shape index (κ3) is 11.9. The zero-order chi connectivity index (χ0) is 24.1. The molecule has 0 bridgehead atoms. The minimum atomic E-state index is -0.0517. The monoisotopic (exact) mass is 430 g/mol. The van der Waals surface area contributed by atoms with Crippen molar-refractivity contribution < 1.29 is 9.47 Å². The number of rotatable bonds is 10. The third-order valence-electron chi connectivity index (χ3n) is 4.69. The van der Waals surface area contributed by atoms with E-state index in [9.17, 15) is 0 Å². The second-order valence-corrected chi connectivity index (χ2v) is 7.08.